The van der Waals surface area contributed by atoms with Crippen LogP contribution >= 0.6 is 11.8 Å². The molecule has 1 N–H and O–H groups in total. The molecule has 0 aromatic heterocycles. The van der Waals surface area contributed by atoms with Crippen molar-refractivity contribution in [2.24, 2.45) is 0 Å². The Morgan fingerprint density at radius 2 is 2.04 bits per heavy atom. The molecule has 2 aromatic carbocycles. The van der Waals surface area contributed by atoms with E-state index in [2.05, 4.69) is 0 Å². The van der Waals surface area contributed by atoms with Gasteiger partial charge in [0.2, 0.25) is 0 Å². The van der Waals surface area contributed by atoms with Crippen LogP contribution in [0.2, 0.25) is 0 Å². The molecule has 0 spiro atoms. The van der Waals surface area contributed by atoms with E-state index in [1.165, 1.54) is 37.1 Å². The van der Waals surface area contributed by atoms with Gasteiger partial charge in [-0.05, 0) is 36.1 Å². The summed E-state index contributed by atoms with van der Waals surface area (Å²) in [7, 11) is 1.44. The minimum atomic E-state index is -0.791. The molecular weight excluding hydrogens is 319 g/mol. The number of benzene rings is 2. The maximum atomic E-state index is 13.7. The molecule has 0 bridgehead atoms. The third-order valence-electron chi connectivity index (χ3n) is 3.18. The predicted octanol–water partition coefficient (Wildman–Crippen LogP) is 3.41. The molecule has 122 valence electrons. The lowest BCUT2D eigenvalue weighted by Gasteiger charge is -2.15. The summed E-state index contributed by atoms with van der Waals surface area (Å²) in [4.78, 5) is 12.2. The third-order valence-corrected chi connectivity index (χ3v) is 3.78. The average Bonchev–Trinajstić information content (AvgIpc) is 2.56. The molecule has 0 unspecified atom stereocenters. The van der Waals surface area contributed by atoms with Crippen LogP contribution in [0.5, 0.6) is 11.5 Å². The number of esters is 1. The molecule has 0 amide bonds. The molecule has 0 aliphatic heterocycles. The highest BCUT2D eigenvalue weighted by Crippen LogP contribution is 2.35. The number of thioether (sulfide) groups is 1. The fraction of sp³-hybridized carbons (Fsp3) is 0.235. The lowest BCUT2D eigenvalue weighted by molar-refractivity contribution is 0.0723. The number of aliphatic hydroxyl groups excluding tert-OH is 1. The molecule has 0 aliphatic carbocycles. The molecule has 23 heavy (non-hydrogen) atoms. The Labute approximate surface area is 138 Å². The lowest BCUT2D eigenvalue weighted by atomic mass is 10.1. The summed E-state index contributed by atoms with van der Waals surface area (Å²) in [6.07, 6.45) is 1.90. The van der Waals surface area contributed by atoms with Crippen LogP contribution in [-0.4, -0.2) is 24.4 Å². The number of hydrogen-bond donors (Lipinski definition) is 1. The summed E-state index contributed by atoms with van der Waals surface area (Å²) in [5.74, 6) is -0.308. The van der Waals surface area contributed by atoms with Gasteiger partial charge in [-0.3, -0.25) is 0 Å². The monoisotopic (exact) mass is 336 g/mol. The smallest absolute Gasteiger partial charge is 0.346 e. The second kappa shape index (κ2) is 7.99. The first kappa shape index (κ1) is 17.3. The fourth-order valence-electron chi connectivity index (χ4n) is 2.12. The number of methoxy groups -OCH3 is 1. The molecule has 0 heterocycles. The van der Waals surface area contributed by atoms with E-state index in [-0.39, 0.29) is 17.9 Å². The number of carbonyl (C=O) groups excluding carboxylic acids is 1. The normalized spacial score (nSPS) is 10.4. The summed E-state index contributed by atoms with van der Waals surface area (Å²) in [6, 6.07) is 8.96. The number of halogens is 1. The van der Waals surface area contributed by atoms with E-state index in [1.807, 2.05) is 6.26 Å². The van der Waals surface area contributed by atoms with Crippen LogP contribution in [0.4, 0.5) is 4.39 Å². The Bertz CT molecular complexity index is 703. The van der Waals surface area contributed by atoms with Gasteiger partial charge in [0.1, 0.15) is 5.82 Å². The van der Waals surface area contributed by atoms with Crippen molar-refractivity contribution >= 4 is 17.7 Å². The van der Waals surface area contributed by atoms with Gasteiger partial charge >= 0.3 is 5.97 Å². The quantitative estimate of drug-likeness (QED) is 0.647. The molecule has 0 fully saturated rings. The van der Waals surface area contributed by atoms with Gasteiger partial charge in [0.25, 0.3) is 0 Å². The van der Waals surface area contributed by atoms with Crippen LogP contribution in [0.15, 0.2) is 36.4 Å². The standard InChI is InChI=1S/C17H17FO4S/c1-21-15-8-11(9-19)7-12(10-23-2)16(15)22-17(20)13-5-3-4-6-14(13)18/h3-8,19H,9-10H2,1-2H3. The second-order valence-corrected chi connectivity index (χ2v) is 5.61. The zero-order valence-corrected chi connectivity index (χ0v) is 13.7. The maximum absolute atomic E-state index is 13.7. The Morgan fingerprint density at radius 3 is 2.65 bits per heavy atom. The molecule has 2 rings (SSSR count). The molecule has 0 saturated heterocycles. The van der Waals surface area contributed by atoms with Crippen LogP contribution in [0.3, 0.4) is 0 Å². The Morgan fingerprint density at radius 1 is 1.30 bits per heavy atom. The fourth-order valence-corrected chi connectivity index (χ4v) is 2.64. The van der Waals surface area contributed by atoms with Gasteiger partial charge in [-0.2, -0.15) is 11.8 Å². The molecular formula is C17H17FO4S. The van der Waals surface area contributed by atoms with Gasteiger partial charge in [-0.25, -0.2) is 9.18 Å². The average molecular weight is 336 g/mol. The van der Waals surface area contributed by atoms with Gasteiger partial charge in [0.15, 0.2) is 11.5 Å². The van der Waals surface area contributed by atoms with Crippen molar-refractivity contribution in [1.29, 1.82) is 0 Å². The summed E-state index contributed by atoms with van der Waals surface area (Å²) in [6.45, 7) is -0.153. The van der Waals surface area contributed by atoms with Crippen LogP contribution in [0, 0.1) is 5.82 Å². The first-order valence-electron chi connectivity index (χ1n) is 6.87. The lowest BCUT2D eigenvalue weighted by Crippen LogP contribution is -2.12. The number of carbonyl (C=O) groups is 1. The number of hydrogen-bond acceptors (Lipinski definition) is 5. The minimum absolute atomic E-state index is 0.143. The van der Waals surface area contributed by atoms with Crippen molar-refractivity contribution in [3.05, 3.63) is 58.9 Å². The summed E-state index contributed by atoms with van der Waals surface area (Å²) >= 11 is 1.53. The maximum Gasteiger partial charge on any atom is 0.346 e. The molecule has 0 saturated carbocycles. The van der Waals surface area contributed by atoms with Crippen LogP contribution < -0.4 is 9.47 Å². The van der Waals surface area contributed by atoms with Gasteiger partial charge in [0.05, 0.1) is 19.3 Å². The number of rotatable bonds is 6. The molecule has 0 atom stereocenters. The van der Waals surface area contributed by atoms with E-state index in [9.17, 15) is 14.3 Å². The van der Waals surface area contributed by atoms with Crippen LogP contribution in [0.1, 0.15) is 21.5 Å². The topological polar surface area (TPSA) is 55.8 Å². The van der Waals surface area contributed by atoms with Crippen molar-refractivity contribution in [3.63, 3.8) is 0 Å². The zero-order chi connectivity index (χ0) is 16.8. The van der Waals surface area contributed by atoms with E-state index >= 15 is 0 Å². The van der Waals surface area contributed by atoms with Crippen molar-refractivity contribution in [2.75, 3.05) is 13.4 Å². The summed E-state index contributed by atoms with van der Waals surface area (Å²) in [5.41, 5.74) is 1.21. The second-order valence-electron chi connectivity index (χ2n) is 4.75. The van der Waals surface area contributed by atoms with Crippen LogP contribution in [0.25, 0.3) is 0 Å². The highest BCUT2D eigenvalue weighted by atomic mass is 32.2. The van der Waals surface area contributed by atoms with Crippen molar-refractivity contribution in [3.8, 4) is 11.5 Å². The largest absolute Gasteiger partial charge is 0.493 e. The van der Waals surface area contributed by atoms with Crippen LogP contribution in [-0.2, 0) is 12.4 Å². The van der Waals surface area contributed by atoms with Gasteiger partial charge in [0, 0.05) is 11.3 Å². The predicted molar refractivity (Wildman–Crippen MR) is 87.5 cm³/mol. The number of aliphatic hydroxyl groups is 1. The number of ether oxygens (including phenoxy) is 2. The molecule has 4 nitrogen and oxygen atoms in total. The van der Waals surface area contributed by atoms with E-state index in [4.69, 9.17) is 9.47 Å². The molecule has 0 aliphatic rings. The highest BCUT2D eigenvalue weighted by Gasteiger charge is 2.19. The highest BCUT2D eigenvalue weighted by molar-refractivity contribution is 7.97. The van der Waals surface area contributed by atoms with E-state index in [0.29, 0.717) is 22.6 Å². The first-order chi connectivity index (χ1) is 11.1. The SMILES string of the molecule is COc1cc(CO)cc(CSC)c1OC(=O)c1ccccc1F. The Hall–Kier alpha value is -2.05. The first-order valence-corrected chi connectivity index (χ1v) is 8.26. The van der Waals surface area contributed by atoms with Gasteiger partial charge in [-0.1, -0.05) is 12.1 Å². The minimum Gasteiger partial charge on any atom is -0.493 e. The van der Waals surface area contributed by atoms with E-state index in [1.54, 1.807) is 18.2 Å². The Kier molecular flexibility index (Phi) is 6.01. The third kappa shape index (κ3) is 4.03. The Balaban J connectivity index is 2.41. The zero-order valence-electron chi connectivity index (χ0n) is 12.8. The van der Waals surface area contributed by atoms with E-state index < -0.39 is 11.8 Å². The van der Waals surface area contributed by atoms with Crippen molar-refractivity contribution in [1.82, 2.24) is 0 Å². The summed E-state index contributed by atoms with van der Waals surface area (Å²) < 4.78 is 24.4. The summed E-state index contributed by atoms with van der Waals surface area (Å²) in [5, 5.41) is 9.32. The van der Waals surface area contributed by atoms with Gasteiger partial charge < -0.3 is 14.6 Å². The van der Waals surface area contributed by atoms with E-state index in [0.717, 1.165) is 0 Å². The molecule has 6 heteroatoms. The molecule has 0 radical (unpaired) electrons. The molecule has 2 aromatic rings. The van der Waals surface area contributed by atoms with Crippen molar-refractivity contribution < 1.29 is 23.8 Å². The van der Waals surface area contributed by atoms with Gasteiger partial charge in [-0.15, -0.1) is 0 Å². The van der Waals surface area contributed by atoms with Crippen molar-refractivity contribution in [2.45, 2.75) is 12.4 Å².